The number of benzene rings is 2. The third kappa shape index (κ3) is 2.86. The third-order valence-electron chi connectivity index (χ3n) is 5.17. The molecule has 2 heterocycles. The van der Waals surface area contributed by atoms with Gasteiger partial charge in [-0.3, -0.25) is 9.89 Å². The van der Waals surface area contributed by atoms with E-state index < -0.39 is 0 Å². The Morgan fingerprint density at radius 3 is 2.68 bits per heavy atom. The van der Waals surface area contributed by atoms with Crippen LogP contribution in [0.5, 0.6) is 0 Å². The largest absolute Gasteiger partial charge is 0.368 e. The zero-order valence-electron chi connectivity index (χ0n) is 14.6. The summed E-state index contributed by atoms with van der Waals surface area (Å²) in [5, 5.41) is 7.97. The van der Waals surface area contributed by atoms with Crippen molar-refractivity contribution in [2.45, 2.75) is 13.8 Å². The number of aryl methyl sites for hydroxylation is 1. The number of rotatable bonds is 2. The Hall–Kier alpha value is -2.82. The molecule has 0 unspecified atom stereocenters. The molecule has 1 aliphatic rings. The Bertz CT molecular complexity index is 922. The highest BCUT2D eigenvalue weighted by molar-refractivity contribution is 5.97. The number of fused-ring (bicyclic) bond motifs is 1. The van der Waals surface area contributed by atoms with Gasteiger partial charge < -0.3 is 9.80 Å². The predicted molar refractivity (Wildman–Crippen MR) is 100 cm³/mol. The maximum absolute atomic E-state index is 12.8. The SMILES string of the molecule is Cc1cccc(N2CCN(C(=O)c3ccc4cn[nH]c4c3)CC2)c1C. The van der Waals surface area contributed by atoms with E-state index in [9.17, 15) is 4.79 Å². The molecule has 1 saturated heterocycles. The topological polar surface area (TPSA) is 52.2 Å². The quantitative estimate of drug-likeness (QED) is 0.783. The highest BCUT2D eigenvalue weighted by Gasteiger charge is 2.23. The average Bonchev–Trinajstić information content (AvgIpc) is 3.11. The van der Waals surface area contributed by atoms with Crippen LogP contribution in [0.1, 0.15) is 21.5 Å². The van der Waals surface area contributed by atoms with E-state index in [2.05, 4.69) is 47.1 Å². The summed E-state index contributed by atoms with van der Waals surface area (Å²) in [5.41, 5.74) is 5.54. The Labute approximate surface area is 147 Å². The number of piperazine rings is 1. The Morgan fingerprint density at radius 1 is 1.08 bits per heavy atom. The van der Waals surface area contributed by atoms with Crippen molar-refractivity contribution in [3.8, 4) is 0 Å². The molecule has 128 valence electrons. The average molecular weight is 334 g/mol. The molecule has 0 radical (unpaired) electrons. The molecule has 1 N–H and O–H groups in total. The van der Waals surface area contributed by atoms with Crippen molar-refractivity contribution < 1.29 is 4.79 Å². The number of carbonyl (C=O) groups excluding carboxylic acids is 1. The molecule has 0 bridgehead atoms. The van der Waals surface area contributed by atoms with Gasteiger partial charge in [0.2, 0.25) is 0 Å². The number of aromatic amines is 1. The number of H-pyrrole nitrogens is 1. The van der Waals surface area contributed by atoms with Gasteiger partial charge in [0.05, 0.1) is 11.7 Å². The number of anilines is 1. The van der Waals surface area contributed by atoms with Gasteiger partial charge in [-0.05, 0) is 43.2 Å². The van der Waals surface area contributed by atoms with E-state index in [-0.39, 0.29) is 5.91 Å². The number of aromatic nitrogens is 2. The van der Waals surface area contributed by atoms with Crippen LogP contribution in [0.25, 0.3) is 10.9 Å². The molecule has 5 nitrogen and oxygen atoms in total. The van der Waals surface area contributed by atoms with Crippen molar-refractivity contribution in [3.05, 3.63) is 59.3 Å². The van der Waals surface area contributed by atoms with Crippen molar-refractivity contribution in [2.75, 3.05) is 31.1 Å². The molecule has 25 heavy (non-hydrogen) atoms. The lowest BCUT2D eigenvalue weighted by Crippen LogP contribution is -2.49. The molecule has 1 aromatic heterocycles. The smallest absolute Gasteiger partial charge is 0.254 e. The summed E-state index contributed by atoms with van der Waals surface area (Å²) in [7, 11) is 0. The predicted octanol–water partition coefficient (Wildman–Crippen LogP) is 3.14. The van der Waals surface area contributed by atoms with Crippen LogP contribution >= 0.6 is 0 Å². The molecule has 4 rings (SSSR count). The number of carbonyl (C=O) groups is 1. The van der Waals surface area contributed by atoms with Crippen LogP contribution in [-0.4, -0.2) is 47.2 Å². The van der Waals surface area contributed by atoms with Crippen molar-refractivity contribution in [1.29, 1.82) is 0 Å². The molecule has 1 aliphatic heterocycles. The van der Waals surface area contributed by atoms with E-state index in [1.807, 2.05) is 23.1 Å². The Kier molecular flexibility index (Phi) is 3.92. The molecule has 0 saturated carbocycles. The first-order valence-electron chi connectivity index (χ1n) is 8.67. The van der Waals surface area contributed by atoms with Gasteiger partial charge in [-0.25, -0.2) is 0 Å². The van der Waals surface area contributed by atoms with Crippen LogP contribution in [-0.2, 0) is 0 Å². The van der Waals surface area contributed by atoms with Gasteiger partial charge in [-0.1, -0.05) is 18.2 Å². The standard InChI is InChI=1S/C20H22N4O/c1-14-4-3-5-19(15(14)2)23-8-10-24(11-9-23)20(25)16-6-7-17-13-21-22-18(17)12-16/h3-7,12-13H,8-11H2,1-2H3,(H,21,22). The molecule has 0 atom stereocenters. The number of nitrogens with one attached hydrogen (secondary N) is 1. The molecule has 0 aliphatic carbocycles. The monoisotopic (exact) mass is 334 g/mol. The van der Waals surface area contributed by atoms with E-state index in [1.165, 1.54) is 16.8 Å². The normalized spacial score (nSPS) is 15.0. The van der Waals surface area contributed by atoms with E-state index >= 15 is 0 Å². The van der Waals surface area contributed by atoms with Gasteiger partial charge in [0.25, 0.3) is 5.91 Å². The summed E-state index contributed by atoms with van der Waals surface area (Å²) < 4.78 is 0. The molecule has 1 amide bonds. The molecule has 5 heteroatoms. The second kappa shape index (κ2) is 6.24. The van der Waals surface area contributed by atoms with Crippen molar-refractivity contribution >= 4 is 22.5 Å². The minimum Gasteiger partial charge on any atom is -0.368 e. The zero-order valence-corrected chi connectivity index (χ0v) is 14.6. The zero-order chi connectivity index (χ0) is 17.4. The van der Waals surface area contributed by atoms with Crippen LogP contribution in [0.2, 0.25) is 0 Å². The summed E-state index contributed by atoms with van der Waals surface area (Å²) in [6.07, 6.45) is 1.77. The first-order chi connectivity index (χ1) is 12.1. The molecule has 2 aromatic carbocycles. The first kappa shape index (κ1) is 15.7. The van der Waals surface area contributed by atoms with Crippen molar-refractivity contribution in [2.24, 2.45) is 0 Å². The van der Waals surface area contributed by atoms with Crippen LogP contribution in [0.3, 0.4) is 0 Å². The van der Waals surface area contributed by atoms with Crippen molar-refractivity contribution in [1.82, 2.24) is 15.1 Å². The summed E-state index contributed by atoms with van der Waals surface area (Å²) in [4.78, 5) is 17.1. The van der Waals surface area contributed by atoms with Gasteiger partial charge in [0.15, 0.2) is 0 Å². The highest BCUT2D eigenvalue weighted by Crippen LogP contribution is 2.24. The van der Waals surface area contributed by atoms with Gasteiger partial charge >= 0.3 is 0 Å². The Morgan fingerprint density at radius 2 is 1.88 bits per heavy atom. The summed E-state index contributed by atoms with van der Waals surface area (Å²) in [6.45, 7) is 7.52. The second-order valence-corrected chi connectivity index (χ2v) is 6.67. The Balaban J connectivity index is 1.47. The fourth-order valence-corrected chi connectivity index (χ4v) is 3.48. The fourth-order valence-electron chi connectivity index (χ4n) is 3.48. The maximum Gasteiger partial charge on any atom is 0.254 e. The van der Waals surface area contributed by atoms with Gasteiger partial charge in [0.1, 0.15) is 0 Å². The fraction of sp³-hybridized carbons (Fsp3) is 0.300. The van der Waals surface area contributed by atoms with E-state index in [4.69, 9.17) is 0 Å². The minimum atomic E-state index is 0.0946. The minimum absolute atomic E-state index is 0.0946. The molecule has 3 aromatic rings. The van der Waals surface area contributed by atoms with Crippen LogP contribution in [0.15, 0.2) is 42.6 Å². The third-order valence-corrected chi connectivity index (χ3v) is 5.17. The number of amides is 1. The number of hydrogen-bond acceptors (Lipinski definition) is 3. The number of nitrogens with zero attached hydrogens (tertiary/aromatic N) is 3. The molecular weight excluding hydrogens is 312 g/mol. The lowest BCUT2D eigenvalue weighted by Gasteiger charge is -2.37. The molecule has 1 fully saturated rings. The van der Waals surface area contributed by atoms with Crippen LogP contribution < -0.4 is 4.90 Å². The highest BCUT2D eigenvalue weighted by atomic mass is 16.2. The van der Waals surface area contributed by atoms with Gasteiger partial charge in [-0.2, -0.15) is 5.10 Å². The molecular formula is C20H22N4O. The van der Waals surface area contributed by atoms with E-state index in [1.54, 1.807) is 6.20 Å². The van der Waals surface area contributed by atoms with Crippen LogP contribution in [0.4, 0.5) is 5.69 Å². The van der Waals surface area contributed by atoms with E-state index in [0.717, 1.165) is 42.6 Å². The van der Waals surface area contributed by atoms with Gasteiger partial charge in [0, 0.05) is 42.8 Å². The first-order valence-corrected chi connectivity index (χ1v) is 8.67. The van der Waals surface area contributed by atoms with Crippen LogP contribution in [0, 0.1) is 13.8 Å². The maximum atomic E-state index is 12.8. The summed E-state index contributed by atoms with van der Waals surface area (Å²) >= 11 is 0. The van der Waals surface area contributed by atoms with E-state index in [0.29, 0.717) is 0 Å². The molecule has 0 spiro atoms. The summed E-state index contributed by atoms with van der Waals surface area (Å²) in [6, 6.07) is 12.1. The lowest BCUT2D eigenvalue weighted by molar-refractivity contribution is 0.0747. The van der Waals surface area contributed by atoms with Crippen molar-refractivity contribution in [3.63, 3.8) is 0 Å². The van der Waals surface area contributed by atoms with Gasteiger partial charge in [-0.15, -0.1) is 0 Å². The lowest BCUT2D eigenvalue weighted by atomic mass is 10.1. The second-order valence-electron chi connectivity index (χ2n) is 6.67. The summed E-state index contributed by atoms with van der Waals surface area (Å²) in [5.74, 6) is 0.0946. The number of hydrogen-bond donors (Lipinski definition) is 1.